The van der Waals surface area contributed by atoms with Gasteiger partial charge < -0.3 is 5.32 Å². The highest BCUT2D eigenvalue weighted by Gasteiger charge is 2.16. The SMILES string of the molecule is Cc1nn(C)c(C)c1[C@H](C)NCc1cc(F)ccc1F. The fourth-order valence-electron chi connectivity index (χ4n) is 2.46. The molecule has 0 fully saturated rings. The van der Waals surface area contributed by atoms with Crippen molar-refractivity contribution in [1.82, 2.24) is 15.1 Å². The molecular formula is C15H19F2N3. The van der Waals surface area contributed by atoms with E-state index in [1.807, 2.05) is 32.5 Å². The summed E-state index contributed by atoms with van der Waals surface area (Å²) in [6.45, 7) is 6.21. The maximum Gasteiger partial charge on any atom is 0.127 e. The Morgan fingerprint density at radius 3 is 2.60 bits per heavy atom. The molecule has 2 aromatic rings. The second-order valence-electron chi connectivity index (χ2n) is 5.05. The lowest BCUT2D eigenvalue weighted by Gasteiger charge is -2.15. The molecule has 2 rings (SSSR count). The molecule has 0 bridgehead atoms. The van der Waals surface area contributed by atoms with Gasteiger partial charge >= 0.3 is 0 Å². The van der Waals surface area contributed by atoms with Crippen LogP contribution in [-0.4, -0.2) is 9.78 Å². The summed E-state index contributed by atoms with van der Waals surface area (Å²) in [6.07, 6.45) is 0. The van der Waals surface area contributed by atoms with Crippen molar-refractivity contribution in [2.45, 2.75) is 33.4 Å². The minimum absolute atomic E-state index is 0.0198. The van der Waals surface area contributed by atoms with E-state index >= 15 is 0 Å². The smallest absolute Gasteiger partial charge is 0.127 e. The minimum atomic E-state index is -0.426. The van der Waals surface area contributed by atoms with Gasteiger partial charge in [-0.05, 0) is 39.0 Å². The molecular weight excluding hydrogens is 260 g/mol. The minimum Gasteiger partial charge on any atom is -0.306 e. The van der Waals surface area contributed by atoms with Crippen LogP contribution in [0.4, 0.5) is 8.78 Å². The molecule has 20 heavy (non-hydrogen) atoms. The fraction of sp³-hybridized carbons (Fsp3) is 0.400. The molecule has 1 atom stereocenters. The van der Waals surface area contributed by atoms with Gasteiger partial charge in [-0.15, -0.1) is 0 Å². The van der Waals surface area contributed by atoms with Crippen molar-refractivity contribution in [3.8, 4) is 0 Å². The molecule has 1 aromatic heterocycles. The summed E-state index contributed by atoms with van der Waals surface area (Å²) in [5, 5.41) is 7.58. The molecule has 0 saturated carbocycles. The molecule has 1 N–H and O–H groups in total. The van der Waals surface area contributed by atoms with E-state index in [0.29, 0.717) is 5.56 Å². The zero-order valence-electron chi connectivity index (χ0n) is 12.2. The molecule has 0 saturated heterocycles. The number of hydrogen-bond donors (Lipinski definition) is 1. The van der Waals surface area contributed by atoms with Crippen molar-refractivity contribution in [1.29, 1.82) is 0 Å². The van der Waals surface area contributed by atoms with E-state index in [1.54, 1.807) is 0 Å². The van der Waals surface area contributed by atoms with Crippen LogP contribution in [0, 0.1) is 25.5 Å². The molecule has 108 valence electrons. The number of aryl methyl sites for hydroxylation is 2. The monoisotopic (exact) mass is 279 g/mol. The summed E-state index contributed by atoms with van der Waals surface area (Å²) in [5.41, 5.74) is 3.45. The number of nitrogens with zero attached hydrogens (tertiary/aromatic N) is 2. The van der Waals surface area contributed by atoms with Gasteiger partial charge in [-0.1, -0.05) is 0 Å². The first-order chi connectivity index (χ1) is 9.40. The van der Waals surface area contributed by atoms with E-state index in [-0.39, 0.29) is 12.6 Å². The second-order valence-corrected chi connectivity index (χ2v) is 5.05. The first-order valence-electron chi connectivity index (χ1n) is 6.57. The van der Waals surface area contributed by atoms with E-state index in [4.69, 9.17) is 0 Å². The number of benzene rings is 1. The van der Waals surface area contributed by atoms with Crippen LogP contribution in [0.15, 0.2) is 18.2 Å². The van der Waals surface area contributed by atoms with Gasteiger partial charge in [-0.25, -0.2) is 8.78 Å². The van der Waals surface area contributed by atoms with Crippen LogP contribution in [0.5, 0.6) is 0 Å². The third-order valence-corrected chi connectivity index (χ3v) is 3.60. The highest BCUT2D eigenvalue weighted by molar-refractivity contribution is 5.28. The van der Waals surface area contributed by atoms with Gasteiger partial charge in [0, 0.05) is 36.5 Å². The predicted molar refractivity (Wildman–Crippen MR) is 74.3 cm³/mol. The second kappa shape index (κ2) is 5.71. The lowest BCUT2D eigenvalue weighted by molar-refractivity contribution is 0.532. The number of halogens is 2. The van der Waals surface area contributed by atoms with Crippen LogP contribution in [0.3, 0.4) is 0 Å². The Labute approximate surface area is 117 Å². The lowest BCUT2D eigenvalue weighted by Crippen LogP contribution is -2.20. The van der Waals surface area contributed by atoms with Crippen molar-refractivity contribution >= 4 is 0 Å². The summed E-state index contributed by atoms with van der Waals surface area (Å²) < 4.78 is 28.5. The fourth-order valence-corrected chi connectivity index (χ4v) is 2.46. The first-order valence-corrected chi connectivity index (χ1v) is 6.57. The third-order valence-electron chi connectivity index (χ3n) is 3.60. The van der Waals surface area contributed by atoms with Crippen LogP contribution in [0.2, 0.25) is 0 Å². The van der Waals surface area contributed by atoms with E-state index in [0.717, 1.165) is 29.1 Å². The summed E-state index contributed by atoms with van der Waals surface area (Å²) in [6, 6.07) is 3.51. The van der Waals surface area contributed by atoms with Crippen molar-refractivity contribution in [2.75, 3.05) is 0 Å². The van der Waals surface area contributed by atoms with Gasteiger partial charge in [0.25, 0.3) is 0 Å². The quantitative estimate of drug-likeness (QED) is 0.931. The molecule has 0 spiro atoms. The molecule has 0 aliphatic heterocycles. The summed E-state index contributed by atoms with van der Waals surface area (Å²) in [5.74, 6) is -0.824. The summed E-state index contributed by atoms with van der Waals surface area (Å²) in [7, 11) is 1.89. The zero-order chi connectivity index (χ0) is 14.9. The summed E-state index contributed by atoms with van der Waals surface area (Å²) >= 11 is 0. The van der Waals surface area contributed by atoms with Crippen molar-refractivity contribution < 1.29 is 8.78 Å². The Kier molecular flexibility index (Phi) is 4.18. The molecule has 0 unspecified atom stereocenters. The van der Waals surface area contributed by atoms with Crippen molar-refractivity contribution in [3.63, 3.8) is 0 Å². The highest BCUT2D eigenvalue weighted by Crippen LogP contribution is 2.21. The topological polar surface area (TPSA) is 29.9 Å². The average molecular weight is 279 g/mol. The molecule has 0 radical (unpaired) electrons. The maximum absolute atomic E-state index is 13.6. The normalized spacial score (nSPS) is 12.7. The lowest BCUT2D eigenvalue weighted by atomic mass is 10.1. The van der Waals surface area contributed by atoms with Gasteiger partial charge in [0.2, 0.25) is 0 Å². The number of aromatic nitrogens is 2. The van der Waals surface area contributed by atoms with E-state index in [9.17, 15) is 8.78 Å². The van der Waals surface area contributed by atoms with Crippen molar-refractivity contribution in [2.24, 2.45) is 7.05 Å². The Morgan fingerprint density at radius 1 is 1.30 bits per heavy atom. The van der Waals surface area contributed by atoms with Crippen molar-refractivity contribution in [3.05, 3.63) is 52.3 Å². The van der Waals surface area contributed by atoms with Gasteiger partial charge in [0.05, 0.1) is 5.69 Å². The van der Waals surface area contributed by atoms with Gasteiger partial charge in [0.15, 0.2) is 0 Å². The zero-order valence-corrected chi connectivity index (χ0v) is 12.2. The van der Waals surface area contributed by atoms with E-state index in [1.165, 1.54) is 6.07 Å². The van der Waals surface area contributed by atoms with E-state index < -0.39 is 11.6 Å². The Hall–Kier alpha value is -1.75. The van der Waals surface area contributed by atoms with Crippen LogP contribution in [0.1, 0.15) is 35.5 Å². The highest BCUT2D eigenvalue weighted by atomic mass is 19.1. The predicted octanol–water partition coefficient (Wildman–Crippen LogP) is 3.17. The maximum atomic E-state index is 13.6. The third kappa shape index (κ3) is 2.88. The average Bonchev–Trinajstić information content (AvgIpc) is 2.64. The standard InChI is InChI=1S/C15H19F2N3/c1-9(15-10(2)19-20(4)11(15)3)18-8-12-7-13(16)5-6-14(12)17/h5-7,9,18H,8H2,1-4H3/t9-/m0/s1. The molecule has 5 heteroatoms. The van der Waals surface area contributed by atoms with Crippen LogP contribution >= 0.6 is 0 Å². The van der Waals surface area contributed by atoms with Gasteiger partial charge in [-0.2, -0.15) is 5.10 Å². The molecule has 0 aliphatic rings. The van der Waals surface area contributed by atoms with E-state index in [2.05, 4.69) is 10.4 Å². The Bertz CT molecular complexity index is 620. The molecule has 0 amide bonds. The van der Waals surface area contributed by atoms with Crippen LogP contribution < -0.4 is 5.32 Å². The largest absolute Gasteiger partial charge is 0.306 e. The van der Waals surface area contributed by atoms with Gasteiger partial charge in [0.1, 0.15) is 11.6 Å². The Balaban J connectivity index is 2.12. The number of rotatable bonds is 4. The molecule has 3 nitrogen and oxygen atoms in total. The Morgan fingerprint density at radius 2 is 2.00 bits per heavy atom. The molecule has 1 aromatic carbocycles. The van der Waals surface area contributed by atoms with Gasteiger partial charge in [-0.3, -0.25) is 4.68 Å². The van der Waals surface area contributed by atoms with Crippen LogP contribution in [0.25, 0.3) is 0 Å². The first kappa shape index (κ1) is 14.7. The summed E-state index contributed by atoms with van der Waals surface area (Å²) in [4.78, 5) is 0. The number of nitrogens with one attached hydrogen (secondary N) is 1. The number of hydrogen-bond acceptors (Lipinski definition) is 2. The molecule has 0 aliphatic carbocycles. The van der Waals surface area contributed by atoms with Crippen LogP contribution in [-0.2, 0) is 13.6 Å². The molecule has 1 heterocycles.